The van der Waals surface area contributed by atoms with Crippen LogP contribution in [0.5, 0.6) is 0 Å². The Balaban J connectivity index is 1.64. The van der Waals surface area contributed by atoms with Crippen LogP contribution in [0, 0.1) is 0 Å². The van der Waals surface area contributed by atoms with Gasteiger partial charge in [-0.15, -0.1) is 0 Å². The molecule has 1 amide bonds. The van der Waals surface area contributed by atoms with Gasteiger partial charge in [0.05, 0.1) is 17.3 Å². The number of aromatic nitrogens is 2. The van der Waals surface area contributed by atoms with Crippen molar-refractivity contribution in [2.45, 2.75) is 58.2 Å². The van der Waals surface area contributed by atoms with Crippen molar-refractivity contribution in [2.24, 2.45) is 0 Å². The predicted octanol–water partition coefficient (Wildman–Crippen LogP) is 2.97. The van der Waals surface area contributed by atoms with Gasteiger partial charge in [-0.25, -0.2) is 4.98 Å². The van der Waals surface area contributed by atoms with E-state index in [-0.39, 0.29) is 17.5 Å². The molecule has 0 bridgehead atoms. The highest BCUT2D eigenvalue weighted by Gasteiger charge is 2.32. The zero-order valence-electron chi connectivity index (χ0n) is 19.0. The van der Waals surface area contributed by atoms with Crippen molar-refractivity contribution in [3.05, 3.63) is 57.3 Å². The first-order valence-electron chi connectivity index (χ1n) is 11.3. The van der Waals surface area contributed by atoms with E-state index in [9.17, 15) is 9.59 Å². The largest absolute Gasteiger partial charge is 0.378 e. The summed E-state index contributed by atoms with van der Waals surface area (Å²) < 4.78 is 0. The Morgan fingerprint density at radius 2 is 2.03 bits per heavy atom. The van der Waals surface area contributed by atoms with E-state index in [2.05, 4.69) is 23.7 Å². The molecule has 1 saturated heterocycles. The number of nitrogens with one attached hydrogen (secondary N) is 1. The van der Waals surface area contributed by atoms with Gasteiger partial charge in [0, 0.05) is 57.4 Å². The summed E-state index contributed by atoms with van der Waals surface area (Å²) in [6.45, 7) is 6.53. The Bertz CT molecular complexity index is 1010. The van der Waals surface area contributed by atoms with E-state index in [1.807, 2.05) is 48.2 Å². The van der Waals surface area contributed by atoms with Crippen LogP contribution in [-0.4, -0.2) is 58.9 Å². The van der Waals surface area contributed by atoms with Gasteiger partial charge in [-0.2, -0.15) is 0 Å². The molecule has 7 nitrogen and oxygen atoms in total. The van der Waals surface area contributed by atoms with E-state index in [4.69, 9.17) is 4.98 Å². The lowest BCUT2D eigenvalue weighted by Crippen LogP contribution is -2.42. The van der Waals surface area contributed by atoms with E-state index in [0.717, 1.165) is 49.2 Å². The summed E-state index contributed by atoms with van der Waals surface area (Å²) in [5.74, 6) is 0.637. The minimum absolute atomic E-state index is 0.000229. The van der Waals surface area contributed by atoms with Crippen molar-refractivity contribution in [1.29, 1.82) is 0 Å². The number of aromatic amines is 1. The topological polar surface area (TPSA) is 72.5 Å². The van der Waals surface area contributed by atoms with Crippen LogP contribution in [0.1, 0.15) is 66.6 Å². The number of anilines is 1. The lowest BCUT2D eigenvalue weighted by molar-refractivity contribution is 0.0598. The van der Waals surface area contributed by atoms with E-state index in [0.29, 0.717) is 30.5 Å². The third-order valence-corrected chi connectivity index (χ3v) is 6.54. The van der Waals surface area contributed by atoms with Crippen LogP contribution in [0.2, 0.25) is 0 Å². The van der Waals surface area contributed by atoms with Gasteiger partial charge in [0.25, 0.3) is 11.5 Å². The van der Waals surface area contributed by atoms with Gasteiger partial charge in [0.15, 0.2) is 0 Å². The van der Waals surface area contributed by atoms with Crippen molar-refractivity contribution >= 4 is 11.6 Å². The molecule has 1 fully saturated rings. The number of hydrogen-bond donors (Lipinski definition) is 1. The maximum Gasteiger partial charge on any atom is 0.255 e. The number of hydrogen-bond acceptors (Lipinski definition) is 5. The number of carbonyl (C=O) groups excluding carboxylic acids is 1. The fourth-order valence-electron chi connectivity index (χ4n) is 4.61. The average Bonchev–Trinajstić information content (AvgIpc) is 2.78. The summed E-state index contributed by atoms with van der Waals surface area (Å²) in [5.41, 5.74) is 3.28. The zero-order valence-corrected chi connectivity index (χ0v) is 19.0. The third kappa shape index (κ3) is 4.37. The highest BCUT2D eigenvalue weighted by Crippen LogP contribution is 2.31. The molecule has 0 aliphatic carbocycles. The molecule has 1 aromatic heterocycles. The average molecular weight is 424 g/mol. The monoisotopic (exact) mass is 423 g/mol. The van der Waals surface area contributed by atoms with Crippen LogP contribution in [0.25, 0.3) is 0 Å². The summed E-state index contributed by atoms with van der Waals surface area (Å²) in [7, 11) is 3.94. The SMILES string of the molecule is CC(C)N1CCc2nc([C@@H]3CCCCN3C(=O)c3cccc(N(C)C)c3)[nH]c(=O)c2C1. The van der Waals surface area contributed by atoms with Crippen molar-refractivity contribution in [3.63, 3.8) is 0 Å². The summed E-state index contributed by atoms with van der Waals surface area (Å²) in [6.07, 6.45) is 3.58. The Labute approximate surface area is 184 Å². The maximum absolute atomic E-state index is 13.4. The van der Waals surface area contributed by atoms with Crippen LogP contribution >= 0.6 is 0 Å². The lowest BCUT2D eigenvalue weighted by atomic mass is 9.98. The van der Waals surface area contributed by atoms with Crippen LogP contribution in [0.3, 0.4) is 0 Å². The van der Waals surface area contributed by atoms with Crippen LogP contribution in [0.15, 0.2) is 29.1 Å². The second kappa shape index (κ2) is 8.83. The highest BCUT2D eigenvalue weighted by atomic mass is 16.2. The molecule has 0 radical (unpaired) electrons. The van der Waals surface area contributed by atoms with Gasteiger partial charge in [-0.05, 0) is 51.3 Å². The summed E-state index contributed by atoms with van der Waals surface area (Å²) >= 11 is 0. The van der Waals surface area contributed by atoms with Crippen molar-refractivity contribution in [2.75, 3.05) is 32.1 Å². The van der Waals surface area contributed by atoms with Crippen molar-refractivity contribution in [1.82, 2.24) is 19.8 Å². The van der Waals surface area contributed by atoms with Crippen molar-refractivity contribution in [3.8, 4) is 0 Å². The summed E-state index contributed by atoms with van der Waals surface area (Å²) in [6, 6.07) is 7.92. The Morgan fingerprint density at radius 3 is 2.77 bits per heavy atom. The quantitative estimate of drug-likeness (QED) is 0.819. The molecular weight excluding hydrogens is 390 g/mol. The van der Waals surface area contributed by atoms with Crippen LogP contribution < -0.4 is 10.5 Å². The number of rotatable bonds is 4. The number of benzene rings is 1. The van der Waals surface area contributed by atoms with Crippen LogP contribution in [0.4, 0.5) is 5.69 Å². The second-order valence-corrected chi connectivity index (χ2v) is 9.15. The van der Waals surface area contributed by atoms with Crippen molar-refractivity contribution < 1.29 is 4.79 Å². The standard InChI is InChI=1S/C24H33N5O2/c1-16(2)28-13-11-20-19(15-28)23(30)26-22(25-20)21-10-5-6-12-29(21)24(31)17-8-7-9-18(14-17)27(3)4/h7-9,14,16,21H,5-6,10-13,15H2,1-4H3,(H,25,26,30)/t21-/m0/s1. The smallest absolute Gasteiger partial charge is 0.255 e. The first-order chi connectivity index (χ1) is 14.8. The molecule has 2 aliphatic rings. The molecule has 1 N–H and O–H groups in total. The third-order valence-electron chi connectivity index (χ3n) is 6.54. The molecule has 4 rings (SSSR count). The minimum Gasteiger partial charge on any atom is -0.378 e. The molecule has 3 heterocycles. The molecule has 0 unspecified atom stereocenters. The van der Waals surface area contributed by atoms with E-state index >= 15 is 0 Å². The fraction of sp³-hybridized carbons (Fsp3) is 0.542. The van der Waals surface area contributed by atoms with Gasteiger partial charge in [-0.3, -0.25) is 14.5 Å². The highest BCUT2D eigenvalue weighted by molar-refractivity contribution is 5.95. The normalized spacial score (nSPS) is 19.4. The van der Waals surface area contributed by atoms with E-state index in [1.165, 1.54) is 0 Å². The van der Waals surface area contributed by atoms with Gasteiger partial charge in [0.1, 0.15) is 5.82 Å². The number of piperidine rings is 1. The van der Waals surface area contributed by atoms with Crippen LogP contribution in [-0.2, 0) is 13.0 Å². The van der Waals surface area contributed by atoms with E-state index < -0.39 is 0 Å². The number of H-pyrrole nitrogens is 1. The molecule has 7 heteroatoms. The number of likely N-dealkylation sites (tertiary alicyclic amines) is 1. The summed E-state index contributed by atoms with van der Waals surface area (Å²) in [5, 5.41) is 0. The predicted molar refractivity (Wildman–Crippen MR) is 123 cm³/mol. The minimum atomic E-state index is -0.189. The summed E-state index contributed by atoms with van der Waals surface area (Å²) in [4.78, 5) is 40.5. The molecule has 166 valence electrons. The molecule has 0 saturated carbocycles. The van der Waals surface area contributed by atoms with Gasteiger partial charge >= 0.3 is 0 Å². The molecule has 0 spiro atoms. The van der Waals surface area contributed by atoms with Gasteiger partial charge in [0.2, 0.25) is 0 Å². The molecule has 1 atom stereocenters. The fourth-order valence-corrected chi connectivity index (χ4v) is 4.61. The van der Waals surface area contributed by atoms with Gasteiger partial charge in [-0.1, -0.05) is 6.07 Å². The number of amides is 1. The Hall–Kier alpha value is -2.67. The number of nitrogens with zero attached hydrogens (tertiary/aromatic N) is 4. The van der Waals surface area contributed by atoms with E-state index in [1.54, 1.807) is 0 Å². The second-order valence-electron chi connectivity index (χ2n) is 9.15. The molecule has 1 aromatic carbocycles. The first-order valence-corrected chi connectivity index (χ1v) is 11.3. The Kier molecular flexibility index (Phi) is 6.14. The number of carbonyl (C=O) groups is 1. The molecular formula is C24H33N5O2. The maximum atomic E-state index is 13.4. The molecule has 31 heavy (non-hydrogen) atoms. The van der Waals surface area contributed by atoms with Gasteiger partial charge < -0.3 is 14.8 Å². The number of fused-ring (bicyclic) bond motifs is 1. The Morgan fingerprint density at radius 1 is 1.23 bits per heavy atom. The first kappa shape index (κ1) is 21.6. The molecule has 2 aliphatic heterocycles. The lowest BCUT2D eigenvalue weighted by Gasteiger charge is -2.36. The molecule has 2 aromatic rings. The zero-order chi connectivity index (χ0) is 22.1.